The van der Waals surface area contributed by atoms with Crippen molar-refractivity contribution in [3.8, 4) is 0 Å². The molecule has 180 valence electrons. The van der Waals surface area contributed by atoms with Crippen LogP contribution in [0.15, 0.2) is 72.8 Å². The molecule has 3 heterocycles. The number of hydrogen-bond acceptors (Lipinski definition) is 4. The number of carbonyl (C=O) groups excluding carboxylic acids is 2. The first-order valence-electron chi connectivity index (χ1n) is 11.9. The highest BCUT2D eigenvalue weighted by Gasteiger charge is 2.48. The third-order valence-corrected chi connectivity index (χ3v) is 7.26. The molecule has 1 N–H and O–H groups in total. The van der Waals surface area contributed by atoms with Gasteiger partial charge in [-0.1, -0.05) is 48.0 Å². The lowest BCUT2D eigenvalue weighted by molar-refractivity contribution is -0.384. The maximum atomic E-state index is 13.8. The summed E-state index contributed by atoms with van der Waals surface area (Å²) in [5.41, 5.74) is 5.62. The van der Waals surface area contributed by atoms with Crippen LogP contribution in [0.3, 0.4) is 0 Å². The number of nitro groups is 1. The van der Waals surface area contributed by atoms with Crippen LogP contribution in [0.4, 0.5) is 5.69 Å². The average molecular weight is 481 g/mol. The van der Waals surface area contributed by atoms with Gasteiger partial charge in [0.2, 0.25) is 11.8 Å². The summed E-state index contributed by atoms with van der Waals surface area (Å²) in [6.45, 7) is 2.37. The molecule has 4 aromatic rings. The predicted octanol–water partition coefficient (Wildman–Crippen LogP) is 4.27. The summed E-state index contributed by atoms with van der Waals surface area (Å²) < 4.78 is 0. The second kappa shape index (κ2) is 8.34. The zero-order valence-electron chi connectivity index (χ0n) is 19.7. The Kier molecular flexibility index (Phi) is 5.10. The summed E-state index contributed by atoms with van der Waals surface area (Å²) in [6, 6.07) is 20.9. The number of fused-ring (bicyclic) bond motifs is 4. The van der Waals surface area contributed by atoms with Gasteiger partial charge in [0.1, 0.15) is 12.6 Å². The van der Waals surface area contributed by atoms with E-state index in [1.807, 2.05) is 55.5 Å². The molecule has 1 aromatic heterocycles. The van der Waals surface area contributed by atoms with Crippen LogP contribution in [0, 0.1) is 17.0 Å². The number of aromatic amines is 1. The minimum Gasteiger partial charge on any atom is -0.356 e. The van der Waals surface area contributed by atoms with Crippen LogP contribution in [0.1, 0.15) is 34.0 Å². The van der Waals surface area contributed by atoms with Crippen molar-refractivity contribution in [1.82, 2.24) is 14.8 Å². The molecule has 6 rings (SSSR count). The van der Waals surface area contributed by atoms with Crippen molar-refractivity contribution >= 4 is 28.4 Å². The van der Waals surface area contributed by atoms with Crippen LogP contribution in [0.2, 0.25) is 0 Å². The zero-order chi connectivity index (χ0) is 25.0. The quantitative estimate of drug-likeness (QED) is 0.348. The third-order valence-electron chi connectivity index (χ3n) is 7.26. The van der Waals surface area contributed by atoms with E-state index in [4.69, 9.17) is 0 Å². The smallest absolute Gasteiger partial charge is 0.269 e. The molecule has 1 fully saturated rings. The number of nitro benzene ring substituents is 1. The molecule has 36 heavy (non-hydrogen) atoms. The highest BCUT2D eigenvalue weighted by molar-refractivity contribution is 5.97. The number of rotatable bonds is 4. The van der Waals surface area contributed by atoms with E-state index < -0.39 is 17.0 Å². The number of nitrogens with one attached hydrogen (secondary N) is 1. The standard InChI is InChI=1S/C28H24N4O4/c1-17-6-8-18(9-7-17)15-30-16-25(33)31-24(28(30)34)14-22-21-4-2-3-5-23(21)29-26(22)27(31)19-10-12-20(13-11-19)32(35)36/h2-13,24,27,29H,14-16H2,1H3/t24-,27-/m0/s1. The minimum atomic E-state index is -0.649. The Morgan fingerprint density at radius 2 is 1.72 bits per heavy atom. The molecule has 8 heteroatoms. The van der Waals surface area contributed by atoms with Gasteiger partial charge in [-0.3, -0.25) is 19.7 Å². The number of nitrogens with zero attached hydrogens (tertiary/aromatic N) is 3. The topological polar surface area (TPSA) is 99.5 Å². The number of hydrogen-bond donors (Lipinski definition) is 1. The number of benzene rings is 3. The molecule has 2 atom stereocenters. The van der Waals surface area contributed by atoms with Crippen LogP contribution in [-0.2, 0) is 22.6 Å². The molecule has 3 aromatic carbocycles. The van der Waals surface area contributed by atoms with Crippen LogP contribution >= 0.6 is 0 Å². The van der Waals surface area contributed by atoms with Crippen LogP contribution in [0.5, 0.6) is 0 Å². The Morgan fingerprint density at radius 3 is 2.44 bits per heavy atom. The highest BCUT2D eigenvalue weighted by atomic mass is 16.6. The van der Waals surface area contributed by atoms with Gasteiger partial charge in [-0.15, -0.1) is 0 Å². The van der Waals surface area contributed by atoms with Gasteiger partial charge >= 0.3 is 0 Å². The van der Waals surface area contributed by atoms with Crippen molar-refractivity contribution in [3.05, 3.63) is 111 Å². The van der Waals surface area contributed by atoms with Crippen molar-refractivity contribution in [2.24, 2.45) is 0 Å². The highest BCUT2D eigenvalue weighted by Crippen LogP contribution is 2.42. The first-order chi connectivity index (χ1) is 17.4. The van der Waals surface area contributed by atoms with Crippen LogP contribution in [0.25, 0.3) is 10.9 Å². The van der Waals surface area contributed by atoms with Gasteiger partial charge in [0.15, 0.2) is 0 Å². The zero-order valence-corrected chi connectivity index (χ0v) is 19.7. The second-order valence-corrected chi connectivity index (χ2v) is 9.51. The van der Waals surface area contributed by atoms with Crippen molar-refractivity contribution in [2.45, 2.75) is 32.0 Å². The number of non-ortho nitro benzene ring substituents is 1. The first-order valence-corrected chi connectivity index (χ1v) is 11.9. The fraction of sp³-hybridized carbons (Fsp3) is 0.214. The Hall–Kier alpha value is -4.46. The lowest BCUT2D eigenvalue weighted by atomic mass is 9.86. The molecule has 2 amide bonds. The first kappa shape index (κ1) is 22.0. The lowest BCUT2D eigenvalue weighted by Crippen LogP contribution is -2.62. The minimum absolute atomic E-state index is 0.0117. The molecule has 1 saturated heterocycles. The summed E-state index contributed by atoms with van der Waals surface area (Å²) in [5.74, 6) is -0.225. The maximum Gasteiger partial charge on any atom is 0.269 e. The summed E-state index contributed by atoms with van der Waals surface area (Å²) in [6.07, 6.45) is 0.414. The van der Waals surface area contributed by atoms with Gasteiger partial charge < -0.3 is 14.8 Å². The molecule has 0 unspecified atom stereocenters. The molecule has 8 nitrogen and oxygen atoms in total. The summed E-state index contributed by atoms with van der Waals surface area (Å²) in [7, 11) is 0. The molecule has 0 bridgehead atoms. The van der Waals surface area contributed by atoms with E-state index in [0.29, 0.717) is 13.0 Å². The van der Waals surface area contributed by atoms with Gasteiger partial charge in [0.25, 0.3) is 5.69 Å². The number of aromatic nitrogens is 1. The molecular weight excluding hydrogens is 456 g/mol. The second-order valence-electron chi connectivity index (χ2n) is 9.51. The van der Waals surface area contributed by atoms with E-state index in [1.165, 1.54) is 12.1 Å². The Balaban J connectivity index is 1.44. The van der Waals surface area contributed by atoms with E-state index in [0.717, 1.165) is 38.9 Å². The van der Waals surface area contributed by atoms with Crippen molar-refractivity contribution in [2.75, 3.05) is 6.54 Å². The lowest BCUT2D eigenvalue weighted by Gasteiger charge is -2.47. The molecule has 2 aliphatic rings. The van der Waals surface area contributed by atoms with Gasteiger partial charge in [0, 0.05) is 41.7 Å². The summed E-state index contributed by atoms with van der Waals surface area (Å²) in [5, 5.41) is 12.2. The summed E-state index contributed by atoms with van der Waals surface area (Å²) >= 11 is 0. The number of H-pyrrole nitrogens is 1. The Labute approximate surface area is 207 Å². The van der Waals surface area contributed by atoms with Gasteiger partial charge in [-0.25, -0.2) is 0 Å². The van der Waals surface area contributed by atoms with Crippen LogP contribution in [-0.4, -0.2) is 44.1 Å². The van der Waals surface area contributed by atoms with Crippen molar-refractivity contribution < 1.29 is 14.5 Å². The molecule has 0 aliphatic carbocycles. The van der Waals surface area contributed by atoms with E-state index in [-0.39, 0.29) is 24.0 Å². The number of amides is 2. The maximum absolute atomic E-state index is 13.8. The van der Waals surface area contributed by atoms with Crippen LogP contribution < -0.4 is 0 Å². The molecule has 2 aliphatic heterocycles. The molecule has 0 spiro atoms. The van der Waals surface area contributed by atoms with E-state index >= 15 is 0 Å². The summed E-state index contributed by atoms with van der Waals surface area (Å²) in [4.78, 5) is 45.0. The number of aryl methyl sites for hydroxylation is 1. The monoisotopic (exact) mass is 480 g/mol. The number of carbonyl (C=O) groups is 2. The van der Waals surface area contributed by atoms with Crippen molar-refractivity contribution in [3.63, 3.8) is 0 Å². The van der Waals surface area contributed by atoms with E-state index in [1.54, 1.807) is 21.9 Å². The molecule has 0 radical (unpaired) electrons. The van der Waals surface area contributed by atoms with Gasteiger partial charge in [-0.05, 0) is 41.8 Å². The predicted molar refractivity (Wildman–Crippen MR) is 134 cm³/mol. The third kappa shape index (κ3) is 3.53. The molecular formula is C28H24N4O4. The number of piperazine rings is 1. The Morgan fingerprint density at radius 1 is 1.00 bits per heavy atom. The molecule has 0 saturated carbocycles. The van der Waals surface area contributed by atoms with Gasteiger partial charge in [-0.2, -0.15) is 0 Å². The largest absolute Gasteiger partial charge is 0.356 e. The van der Waals surface area contributed by atoms with E-state index in [2.05, 4.69) is 4.98 Å². The SMILES string of the molecule is Cc1ccc(CN2CC(=O)N3[C@@H](c4ccc([N+](=O)[O-])cc4)c4[nH]c5ccccc5c4C[C@H]3C2=O)cc1. The Bertz CT molecular complexity index is 1510. The fourth-order valence-corrected chi connectivity index (χ4v) is 5.50. The fourth-order valence-electron chi connectivity index (χ4n) is 5.50. The van der Waals surface area contributed by atoms with Crippen molar-refractivity contribution in [1.29, 1.82) is 0 Å². The van der Waals surface area contributed by atoms with E-state index in [9.17, 15) is 19.7 Å². The van der Waals surface area contributed by atoms with Gasteiger partial charge in [0.05, 0.1) is 11.0 Å². The normalized spacial score (nSPS) is 19.4. The number of para-hydroxylation sites is 1. The average Bonchev–Trinajstić information content (AvgIpc) is 3.25.